The molecule has 2 heteroatoms. The molecule has 0 saturated carbocycles. The zero-order valence-electron chi connectivity index (χ0n) is 12.5. The van der Waals surface area contributed by atoms with Crippen molar-refractivity contribution in [3.63, 3.8) is 0 Å². The second-order valence-corrected chi connectivity index (χ2v) is 6.60. The van der Waals surface area contributed by atoms with E-state index in [2.05, 4.69) is 36.9 Å². The first-order chi connectivity index (χ1) is 8.65. The first-order valence-electron chi connectivity index (χ1n) is 7.69. The Morgan fingerprint density at radius 1 is 1.26 bits per heavy atom. The lowest BCUT2D eigenvalue weighted by Crippen LogP contribution is -2.47. The number of likely N-dealkylation sites (tertiary alicyclic amines) is 1. The van der Waals surface area contributed by atoms with E-state index in [0.29, 0.717) is 0 Å². The van der Waals surface area contributed by atoms with Gasteiger partial charge in [-0.05, 0) is 65.6 Å². The summed E-state index contributed by atoms with van der Waals surface area (Å²) < 4.78 is 0. The molecule has 0 bridgehead atoms. The van der Waals surface area contributed by atoms with Gasteiger partial charge in [-0.2, -0.15) is 0 Å². The van der Waals surface area contributed by atoms with Gasteiger partial charge in [0, 0.05) is 19.1 Å². The number of hydrogen-bond acceptors (Lipinski definition) is 2. The summed E-state index contributed by atoms with van der Waals surface area (Å²) in [6.07, 6.45) is 10.8. The third-order valence-electron chi connectivity index (χ3n) is 4.56. The van der Waals surface area contributed by atoms with Crippen LogP contribution in [0.4, 0.5) is 0 Å². The Balaban J connectivity index is 0.00000180. The SMILES string of the molecule is C.CC1=CC[C@@H](CN2CCCCC2CN(C)C)CC1. The third-order valence-corrected chi connectivity index (χ3v) is 4.56. The Labute approximate surface area is 120 Å². The summed E-state index contributed by atoms with van der Waals surface area (Å²) in [7, 11) is 4.42. The molecule has 2 nitrogen and oxygen atoms in total. The smallest absolute Gasteiger partial charge is 0.0223 e. The highest BCUT2D eigenvalue weighted by atomic mass is 15.2. The Hall–Kier alpha value is -0.340. The van der Waals surface area contributed by atoms with E-state index in [1.807, 2.05) is 0 Å². The van der Waals surface area contributed by atoms with Crippen LogP contribution >= 0.6 is 0 Å². The Bertz CT molecular complexity index is 283. The van der Waals surface area contributed by atoms with E-state index < -0.39 is 0 Å². The highest BCUT2D eigenvalue weighted by molar-refractivity contribution is 5.03. The maximum absolute atomic E-state index is 2.78. The van der Waals surface area contributed by atoms with Gasteiger partial charge in [0.2, 0.25) is 0 Å². The van der Waals surface area contributed by atoms with Gasteiger partial charge in [-0.1, -0.05) is 25.5 Å². The number of rotatable bonds is 4. The fraction of sp³-hybridized carbons (Fsp3) is 0.882. The molecule has 0 aromatic heterocycles. The maximum Gasteiger partial charge on any atom is 0.0223 e. The molecule has 1 unspecified atom stereocenters. The van der Waals surface area contributed by atoms with Crippen molar-refractivity contribution < 1.29 is 0 Å². The van der Waals surface area contributed by atoms with E-state index in [9.17, 15) is 0 Å². The molecule has 0 spiro atoms. The van der Waals surface area contributed by atoms with Crippen molar-refractivity contribution in [1.82, 2.24) is 9.80 Å². The second-order valence-electron chi connectivity index (χ2n) is 6.60. The fourth-order valence-corrected chi connectivity index (χ4v) is 3.45. The van der Waals surface area contributed by atoms with Crippen LogP contribution in [0.2, 0.25) is 0 Å². The molecule has 2 aliphatic rings. The molecule has 2 rings (SSSR count). The molecule has 1 fully saturated rings. The summed E-state index contributed by atoms with van der Waals surface area (Å²) in [4.78, 5) is 5.14. The Morgan fingerprint density at radius 2 is 2.05 bits per heavy atom. The highest BCUT2D eigenvalue weighted by Crippen LogP contribution is 2.26. The van der Waals surface area contributed by atoms with E-state index in [-0.39, 0.29) is 7.43 Å². The summed E-state index contributed by atoms with van der Waals surface area (Å²) in [5.41, 5.74) is 1.61. The van der Waals surface area contributed by atoms with Gasteiger partial charge in [0.15, 0.2) is 0 Å². The fourth-order valence-electron chi connectivity index (χ4n) is 3.45. The largest absolute Gasteiger partial charge is 0.308 e. The van der Waals surface area contributed by atoms with E-state index in [0.717, 1.165) is 12.0 Å². The summed E-state index contributed by atoms with van der Waals surface area (Å²) in [5, 5.41) is 0. The lowest BCUT2D eigenvalue weighted by Gasteiger charge is -2.39. The summed E-state index contributed by atoms with van der Waals surface area (Å²) >= 11 is 0. The van der Waals surface area contributed by atoms with Crippen LogP contribution in [0.15, 0.2) is 11.6 Å². The van der Waals surface area contributed by atoms with E-state index in [1.165, 1.54) is 58.2 Å². The number of nitrogens with zero attached hydrogens (tertiary/aromatic N) is 2. The minimum Gasteiger partial charge on any atom is -0.308 e. The molecular weight excluding hydrogens is 232 g/mol. The molecule has 0 aromatic carbocycles. The van der Waals surface area contributed by atoms with Crippen LogP contribution in [0.1, 0.15) is 52.9 Å². The molecule has 0 amide bonds. The van der Waals surface area contributed by atoms with Crippen LogP contribution < -0.4 is 0 Å². The second kappa shape index (κ2) is 8.06. The molecule has 1 aliphatic heterocycles. The van der Waals surface area contributed by atoms with Crippen LogP contribution in [-0.2, 0) is 0 Å². The van der Waals surface area contributed by atoms with Crippen LogP contribution in [0, 0.1) is 5.92 Å². The van der Waals surface area contributed by atoms with Crippen molar-refractivity contribution in [2.24, 2.45) is 5.92 Å². The summed E-state index contributed by atoms with van der Waals surface area (Å²) in [6.45, 7) is 6.19. The van der Waals surface area contributed by atoms with Gasteiger partial charge in [0.1, 0.15) is 0 Å². The normalized spacial score (nSPS) is 28.9. The highest BCUT2D eigenvalue weighted by Gasteiger charge is 2.25. The predicted octanol–water partition coefficient (Wildman–Crippen LogP) is 3.79. The first-order valence-corrected chi connectivity index (χ1v) is 7.69. The number of hydrogen-bond donors (Lipinski definition) is 0. The van der Waals surface area contributed by atoms with Crippen LogP contribution in [0.25, 0.3) is 0 Å². The molecule has 0 radical (unpaired) electrons. The van der Waals surface area contributed by atoms with Gasteiger partial charge in [0.05, 0.1) is 0 Å². The molecule has 2 atom stereocenters. The van der Waals surface area contributed by atoms with Gasteiger partial charge >= 0.3 is 0 Å². The molecule has 1 aliphatic carbocycles. The van der Waals surface area contributed by atoms with Gasteiger partial charge in [-0.25, -0.2) is 0 Å². The minimum atomic E-state index is 0. The maximum atomic E-state index is 2.78. The number of piperidine rings is 1. The van der Waals surface area contributed by atoms with E-state index >= 15 is 0 Å². The van der Waals surface area contributed by atoms with Crippen molar-refractivity contribution in [1.29, 1.82) is 0 Å². The van der Waals surface area contributed by atoms with Gasteiger partial charge in [0.25, 0.3) is 0 Å². The van der Waals surface area contributed by atoms with Gasteiger partial charge < -0.3 is 4.90 Å². The van der Waals surface area contributed by atoms with E-state index in [1.54, 1.807) is 5.57 Å². The average molecular weight is 266 g/mol. The average Bonchev–Trinajstić information content (AvgIpc) is 2.34. The zero-order valence-corrected chi connectivity index (χ0v) is 12.5. The topological polar surface area (TPSA) is 6.48 Å². The number of allylic oxidation sites excluding steroid dienone is 2. The van der Waals surface area contributed by atoms with Gasteiger partial charge in [-0.3, -0.25) is 4.90 Å². The predicted molar refractivity (Wildman–Crippen MR) is 85.6 cm³/mol. The monoisotopic (exact) mass is 266 g/mol. The quantitative estimate of drug-likeness (QED) is 0.714. The van der Waals surface area contributed by atoms with Crippen molar-refractivity contribution in [3.05, 3.63) is 11.6 Å². The molecule has 0 aromatic rings. The Morgan fingerprint density at radius 3 is 2.68 bits per heavy atom. The minimum absolute atomic E-state index is 0. The van der Waals surface area contributed by atoms with Crippen LogP contribution in [0.3, 0.4) is 0 Å². The summed E-state index contributed by atoms with van der Waals surface area (Å²) in [5.74, 6) is 0.913. The first kappa shape index (κ1) is 16.7. The molecule has 1 saturated heterocycles. The third kappa shape index (κ3) is 5.27. The molecule has 0 N–H and O–H groups in total. The molecule has 1 heterocycles. The van der Waals surface area contributed by atoms with E-state index in [4.69, 9.17) is 0 Å². The lowest BCUT2D eigenvalue weighted by molar-refractivity contribution is 0.100. The van der Waals surface area contributed by atoms with Crippen LogP contribution in [-0.4, -0.2) is 49.6 Å². The van der Waals surface area contributed by atoms with Crippen LogP contribution in [0.5, 0.6) is 0 Å². The molecular formula is C17H34N2. The van der Waals surface area contributed by atoms with Crippen molar-refractivity contribution in [2.75, 3.05) is 33.7 Å². The van der Waals surface area contributed by atoms with Crippen molar-refractivity contribution in [3.8, 4) is 0 Å². The zero-order chi connectivity index (χ0) is 13.0. The molecule has 19 heavy (non-hydrogen) atoms. The van der Waals surface area contributed by atoms with Crippen molar-refractivity contribution in [2.45, 2.75) is 58.9 Å². The lowest BCUT2D eigenvalue weighted by atomic mass is 9.88. The van der Waals surface area contributed by atoms with Gasteiger partial charge in [-0.15, -0.1) is 0 Å². The standard InChI is InChI=1S/C16H30N2.CH4/c1-14-7-9-15(10-8-14)12-18-11-5-4-6-16(18)13-17(2)3;/h7,15-16H,4-6,8-13H2,1-3H3;1H4/t15-,16?;/m1./s1. The molecule has 112 valence electrons. The Kier molecular flexibility index (Phi) is 7.09. The summed E-state index contributed by atoms with van der Waals surface area (Å²) in [6, 6.07) is 0.806. The number of likely N-dealkylation sites (N-methyl/N-ethyl adjacent to an activating group) is 1. The van der Waals surface area contributed by atoms with Crippen molar-refractivity contribution >= 4 is 0 Å².